The molecule has 0 aliphatic heterocycles. The van der Waals surface area contributed by atoms with Crippen LogP contribution in [0.5, 0.6) is 5.75 Å². The van der Waals surface area contributed by atoms with Crippen LogP contribution in [0.3, 0.4) is 0 Å². The molecular formula is C22H18BrN3O5S. The number of furan rings is 1. The smallest absolute Gasteiger partial charge is 0.266 e. The lowest BCUT2D eigenvalue weighted by Gasteiger charge is -2.05. The van der Waals surface area contributed by atoms with E-state index in [1.807, 2.05) is 6.07 Å². The van der Waals surface area contributed by atoms with Crippen LogP contribution in [-0.2, 0) is 21.4 Å². The number of nitrogens with one attached hydrogen (secondary N) is 2. The minimum atomic E-state index is -3.72. The monoisotopic (exact) mass is 515 g/mol. The quantitative estimate of drug-likeness (QED) is 0.344. The molecule has 3 rings (SSSR count). The molecule has 1 amide bonds. The van der Waals surface area contributed by atoms with Crippen molar-refractivity contribution in [3.63, 3.8) is 0 Å². The van der Waals surface area contributed by atoms with Gasteiger partial charge in [0.15, 0.2) is 0 Å². The van der Waals surface area contributed by atoms with Crippen LogP contribution in [0.25, 0.3) is 6.08 Å². The van der Waals surface area contributed by atoms with E-state index in [1.165, 1.54) is 25.3 Å². The molecule has 0 aliphatic rings. The maximum absolute atomic E-state index is 12.4. The van der Waals surface area contributed by atoms with Crippen LogP contribution in [0.2, 0.25) is 0 Å². The maximum atomic E-state index is 12.4. The van der Waals surface area contributed by atoms with Gasteiger partial charge in [0.1, 0.15) is 28.9 Å². The number of halogens is 1. The zero-order valence-corrected chi connectivity index (χ0v) is 19.2. The molecule has 0 saturated heterocycles. The predicted molar refractivity (Wildman–Crippen MR) is 122 cm³/mol. The van der Waals surface area contributed by atoms with E-state index in [0.29, 0.717) is 17.2 Å². The number of rotatable bonds is 8. The van der Waals surface area contributed by atoms with Crippen LogP contribution in [0, 0.1) is 11.3 Å². The minimum Gasteiger partial charge on any atom is -0.497 e. The summed E-state index contributed by atoms with van der Waals surface area (Å²) in [4.78, 5) is 12.5. The highest BCUT2D eigenvalue weighted by Crippen LogP contribution is 2.18. The first kappa shape index (κ1) is 23.3. The van der Waals surface area contributed by atoms with Gasteiger partial charge in [-0.2, -0.15) is 5.26 Å². The fourth-order valence-electron chi connectivity index (χ4n) is 2.59. The summed E-state index contributed by atoms with van der Waals surface area (Å²) in [5.41, 5.74) is 0.330. The van der Waals surface area contributed by atoms with Gasteiger partial charge in [-0.1, -0.05) is 15.9 Å². The van der Waals surface area contributed by atoms with Gasteiger partial charge in [0.25, 0.3) is 5.91 Å². The molecule has 2 N–H and O–H groups in total. The molecule has 1 heterocycles. The second-order valence-electron chi connectivity index (χ2n) is 6.43. The molecule has 0 atom stereocenters. The SMILES string of the molecule is COc1ccc(NC(=O)/C(C#N)=C\c2ccc(CNS(=O)(=O)c3ccc(Br)cc3)o2)cc1. The van der Waals surface area contributed by atoms with Crippen molar-refractivity contribution < 1.29 is 22.4 Å². The second-order valence-corrected chi connectivity index (χ2v) is 9.12. The number of carbonyl (C=O) groups is 1. The Morgan fingerprint density at radius 2 is 1.81 bits per heavy atom. The number of benzene rings is 2. The molecule has 0 saturated carbocycles. The molecule has 0 bridgehead atoms. The van der Waals surface area contributed by atoms with E-state index in [-0.39, 0.29) is 22.8 Å². The van der Waals surface area contributed by atoms with Crippen molar-refractivity contribution in [2.75, 3.05) is 12.4 Å². The number of amides is 1. The van der Waals surface area contributed by atoms with Crippen LogP contribution in [-0.4, -0.2) is 21.4 Å². The summed E-state index contributed by atoms with van der Waals surface area (Å²) in [5.74, 6) is 0.596. The Hall–Kier alpha value is -3.39. The Kier molecular flexibility index (Phi) is 7.48. The van der Waals surface area contributed by atoms with E-state index in [0.717, 1.165) is 4.47 Å². The molecule has 0 spiro atoms. The Balaban J connectivity index is 1.65. The zero-order valence-electron chi connectivity index (χ0n) is 16.8. The third-order valence-electron chi connectivity index (χ3n) is 4.24. The lowest BCUT2D eigenvalue weighted by Crippen LogP contribution is -2.22. The Bertz CT molecular complexity index is 1270. The van der Waals surface area contributed by atoms with E-state index in [4.69, 9.17) is 9.15 Å². The lowest BCUT2D eigenvalue weighted by atomic mass is 10.2. The first-order valence-electron chi connectivity index (χ1n) is 9.22. The number of anilines is 1. The Morgan fingerprint density at radius 3 is 2.44 bits per heavy atom. The predicted octanol–water partition coefficient (Wildman–Crippen LogP) is 4.07. The van der Waals surface area contributed by atoms with E-state index in [9.17, 15) is 18.5 Å². The van der Waals surface area contributed by atoms with Gasteiger partial charge in [0.05, 0.1) is 18.6 Å². The third kappa shape index (κ3) is 6.07. The molecule has 0 unspecified atom stereocenters. The van der Waals surface area contributed by atoms with Gasteiger partial charge in [-0.05, 0) is 60.7 Å². The highest BCUT2D eigenvalue weighted by atomic mass is 79.9. The molecule has 0 radical (unpaired) electrons. The molecule has 0 fully saturated rings. The number of hydrogen-bond acceptors (Lipinski definition) is 6. The summed E-state index contributed by atoms with van der Waals surface area (Å²) < 4.78 is 38.5. The second kappa shape index (κ2) is 10.3. The Labute approximate surface area is 193 Å². The van der Waals surface area contributed by atoms with Crippen molar-refractivity contribution >= 4 is 43.6 Å². The van der Waals surface area contributed by atoms with E-state index < -0.39 is 15.9 Å². The van der Waals surface area contributed by atoms with Crippen molar-refractivity contribution in [1.82, 2.24) is 4.72 Å². The number of nitriles is 1. The lowest BCUT2D eigenvalue weighted by molar-refractivity contribution is -0.112. The number of methoxy groups -OCH3 is 1. The molecule has 0 aliphatic carbocycles. The summed E-state index contributed by atoms with van der Waals surface area (Å²) in [7, 11) is -2.18. The van der Waals surface area contributed by atoms with Crippen molar-refractivity contribution in [2.24, 2.45) is 0 Å². The topological polar surface area (TPSA) is 121 Å². The van der Waals surface area contributed by atoms with Crippen molar-refractivity contribution in [2.45, 2.75) is 11.4 Å². The van der Waals surface area contributed by atoms with Crippen LogP contribution in [0.4, 0.5) is 5.69 Å². The van der Waals surface area contributed by atoms with E-state index in [2.05, 4.69) is 26.0 Å². The number of carbonyl (C=O) groups excluding carboxylic acids is 1. The number of nitrogens with zero attached hydrogens (tertiary/aromatic N) is 1. The maximum Gasteiger partial charge on any atom is 0.266 e. The molecule has 8 nitrogen and oxygen atoms in total. The van der Waals surface area contributed by atoms with Crippen LogP contribution in [0.15, 0.2) is 80.0 Å². The van der Waals surface area contributed by atoms with Gasteiger partial charge >= 0.3 is 0 Å². The fraction of sp³-hybridized carbons (Fsp3) is 0.0909. The van der Waals surface area contributed by atoms with Crippen molar-refractivity contribution in [1.29, 1.82) is 5.26 Å². The molecule has 1 aromatic heterocycles. The van der Waals surface area contributed by atoms with Gasteiger partial charge in [-0.25, -0.2) is 13.1 Å². The van der Waals surface area contributed by atoms with Crippen LogP contribution >= 0.6 is 15.9 Å². The largest absolute Gasteiger partial charge is 0.497 e. The van der Waals surface area contributed by atoms with E-state index in [1.54, 1.807) is 48.5 Å². The molecule has 2 aromatic carbocycles. The van der Waals surface area contributed by atoms with Gasteiger partial charge in [-0.15, -0.1) is 0 Å². The summed E-state index contributed by atoms with van der Waals surface area (Å²) in [6, 6.07) is 17.8. The molecule has 10 heteroatoms. The summed E-state index contributed by atoms with van der Waals surface area (Å²) >= 11 is 3.26. The number of hydrogen-bond donors (Lipinski definition) is 2. The normalized spacial score (nSPS) is 11.6. The number of sulfonamides is 1. The van der Waals surface area contributed by atoms with E-state index >= 15 is 0 Å². The van der Waals surface area contributed by atoms with Crippen LogP contribution in [0.1, 0.15) is 11.5 Å². The van der Waals surface area contributed by atoms with Gasteiger partial charge in [0, 0.05) is 16.2 Å². The first-order chi connectivity index (χ1) is 15.3. The standard InChI is InChI=1S/C22H18BrN3O5S/c1-30-18-6-4-17(5-7-18)26-22(27)15(13-24)12-19-8-9-20(31-19)14-25-32(28,29)21-10-2-16(23)3-11-21/h2-12,25H,14H2,1H3,(H,26,27)/b15-12-. The van der Waals surface area contributed by atoms with Crippen molar-refractivity contribution in [3.8, 4) is 11.8 Å². The average molecular weight is 516 g/mol. The summed E-state index contributed by atoms with van der Waals surface area (Å²) in [5, 5.41) is 12.0. The van der Waals surface area contributed by atoms with Crippen LogP contribution < -0.4 is 14.8 Å². The Morgan fingerprint density at radius 1 is 1.12 bits per heavy atom. The van der Waals surface area contributed by atoms with Gasteiger partial charge < -0.3 is 14.5 Å². The summed E-state index contributed by atoms with van der Waals surface area (Å²) in [6.07, 6.45) is 1.28. The molecule has 32 heavy (non-hydrogen) atoms. The summed E-state index contributed by atoms with van der Waals surface area (Å²) in [6.45, 7) is -0.0911. The molecule has 3 aromatic rings. The van der Waals surface area contributed by atoms with Gasteiger partial charge in [-0.3, -0.25) is 4.79 Å². The fourth-order valence-corrected chi connectivity index (χ4v) is 3.85. The minimum absolute atomic E-state index is 0.0911. The number of ether oxygens (including phenoxy) is 1. The zero-order chi connectivity index (χ0) is 23.1. The molecule has 164 valence electrons. The average Bonchev–Trinajstić information content (AvgIpc) is 3.24. The van der Waals surface area contributed by atoms with Crippen molar-refractivity contribution in [3.05, 3.63) is 82.2 Å². The highest BCUT2D eigenvalue weighted by molar-refractivity contribution is 9.10. The third-order valence-corrected chi connectivity index (χ3v) is 6.19. The van der Waals surface area contributed by atoms with Gasteiger partial charge in [0.2, 0.25) is 10.0 Å². The highest BCUT2D eigenvalue weighted by Gasteiger charge is 2.15. The first-order valence-corrected chi connectivity index (χ1v) is 11.5. The molecular weight excluding hydrogens is 498 g/mol.